The van der Waals surface area contributed by atoms with Crippen molar-refractivity contribution >= 4 is 22.6 Å². The molecule has 0 unspecified atom stereocenters. The second-order valence-corrected chi connectivity index (χ2v) is 15.4. The molecule has 6 heteroatoms. The Balaban J connectivity index is 2.81. The molecule has 0 aromatic carbocycles. The Bertz CT molecular complexity index is 276. The quantitative estimate of drug-likeness (QED) is 0.440. The molecule has 0 aliphatic carbocycles. The molecule has 100 valence electrons. The summed E-state index contributed by atoms with van der Waals surface area (Å²) in [4.78, 5) is 2.24. The first-order chi connectivity index (χ1) is 7.67. The van der Waals surface area contributed by atoms with Gasteiger partial charge < -0.3 is 14.1 Å². The van der Waals surface area contributed by atoms with Crippen LogP contribution in [0.5, 0.6) is 0 Å². The Morgan fingerprint density at radius 3 is 2.00 bits per heavy atom. The van der Waals surface area contributed by atoms with Gasteiger partial charge in [-0.25, -0.2) is 0 Å². The van der Waals surface area contributed by atoms with Crippen LogP contribution in [-0.4, -0.2) is 53.8 Å². The molecule has 1 aliphatic rings. The van der Waals surface area contributed by atoms with Crippen molar-refractivity contribution in [2.45, 2.75) is 39.3 Å². The van der Waals surface area contributed by atoms with Crippen molar-refractivity contribution in [1.29, 1.82) is 0 Å². The molecule has 17 heavy (non-hydrogen) atoms. The summed E-state index contributed by atoms with van der Waals surface area (Å²) < 4.78 is 16.4. The summed E-state index contributed by atoms with van der Waals surface area (Å²) in [7, 11) is -3.10. The van der Waals surface area contributed by atoms with Gasteiger partial charge in [0.2, 0.25) is 8.32 Å². The van der Waals surface area contributed by atoms with Crippen LogP contribution < -0.4 is 0 Å². The highest BCUT2D eigenvalue weighted by molar-refractivity contribution is 6.76. The molecule has 0 bridgehead atoms. The van der Waals surface area contributed by atoms with E-state index in [4.69, 9.17) is 13.8 Å². The number of amidine groups is 1. The van der Waals surface area contributed by atoms with Gasteiger partial charge in [-0.15, -0.1) is 0 Å². The molecule has 0 aromatic rings. The first-order valence-electron chi connectivity index (χ1n) is 6.29. The van der Waals surface area contributed by atoms with Gasteiger partial charge in [-0.1, -0.05) is 0 Å². The van der Waals surface area contributed by atoms with Crippen molar-refractivity contribution in [3.05, 3.63) is 0 Å². The number of ether oxygens (including phenoxy) is 1. The molecule has 0 atom stereocenters. The average molecular weight is 275 g/mol. The normalized spacial score (nSPS) is 19.4. The average Bonchev–Trinajstić information content (AvgIpc) is 2.14. The summed E-state index contributed by atoms with van der Waals surface area (Å²) in [5.41, 5.74) is 0. The Hall–Kier alpha value is -0.336. The van der Waals surface area contributed by atoms with Crippen molar-refractivity contribution in [2.24, 2.45) is 4.66 Å². The highest BCUT2D eigenvalue weighted by Gasteiger charge is 2.26. The fraction of sp³-hybridized carbons (Fsp3) is 0.909. The van der Waals surface area contributed by atoms with Gasteiger partial charge in [0.05, 0.1) is 13.2 Å². The first kappa shape index (κ1) is 14.7. The van der Waals surface area contributed by atoms with Gasteiger partial charge in [-0.2, -0.15) is 0 Å². The van der Waals surface area contributed by atoms with Gasteiger partial charge in [0.1, 0.15) is 0 Å². The maximum Gasteiger partial charge on any atom is 0.264 e. The van der Waals surface area contributed by atoms with Crippen LogP contribution in [-0.2, 0) is 9.16 Å². The number of hydrogen-bond donors (Lipinski definition) is 0. The SMILES string of the molecule is C[Si](C)(C)N=C(O[Si](C)(C)C)N1CCOCC1. The number of nitrogens with zero attached hydrogens (tertiary/aromatic N) is 2. The molecule has 1 aliphatic heterocycles. The van der Waals surface area contributed by atoms with Crippen molar-refractivity contribution in [1.82, 2.24) is 4.90 Å². The summed E-state index contributed by atoms with van der Waals surface area (Å²) in [6, 6.07) is 0.867. The number of morpholine rings is 1. The Morgan fingerprint density at radius 2 is 1.59 bits per heavy atom. The smallest absolute Gasteiger partial charge is 0.264 e. The molecular formula is C11H26N2O2Si2. The number of rotatable bonds is 2. The molecule has 0 radical (unpaired) electrons. The van der Waals surface area contributed by atoms with E-state index < -0.39 is 16.6 Å². The molecule has 0 aromatic heterocycles. The Kier molecular flexibility index (Phi) is 4.80. The molecule has 0 N–H and O–H groups in total. The van der Waals surface area contributed by atoms with Gasteiger partial charge >= 0.3 is 0 Å². The predicted molar refractivity (Wildman–Crippen MR) is 77.6 cm³/mol. The zero-order chi connectivity index (χ0) is 13.1. The summed E-state index contributed by atoms with van der Waals surface area (Å²) in [6.07, 6.45) is 0. The van der Waals surface area contributed by atoms with Gasteiger partial charge in [0, 0.05) is 13.1 Å². The second kappa shape index (κ2) is 5.54. The maximum absolute atomic E-state index is 6.15. The number of hydrogen-bond acceptors (Lipinski definition) is 3. The van der Waals surface area contributed by atoms with E-state index in [0.717, 1.165) is 32.3 Å². The second-order valence-electron chi connectivity index (χ2n) is 6.38. The van der Waals surface area contributed by atoms with Crippen LogP contribution in [0.15, 0.2) is 4.66 Å². The highest BCUT2D eigenvalue weighted by Crippen LogP contribution is 2.12. The van der Waals surface area contributed by atoms with Gasteiger partial charge in [-0.3, -0.25) is 4.66 Å². The van der Waals surface area contributed by atoms with Crippen LogP contribution in [0.1, 0.15) is 0 Å². The van der Waals surface area contributed by atoms with E-state index in [1.54, 1.807) is 0 Å². The van der Waals surface area contributed by atoms with E-state index in [1.807, 2.05) is 0 Å². The monoisotopic (exact) mass is 274 g/mol. The lowest BCUT2D eigenvalue weighted by atomic mass is 10.5. The fourth-order valence-corrected chi connectivity index (χ4v) is 3.05. The fourth-order valence-electron chi connectivity index (χ4n) is 1.47. The van der Waals surface area contributed by atoms with Crippen molar-refractivity contribution in [3.8, 4) is 0 Å². The van der Waals surface area contributed by atoms with E-state index in [0.29, 0.717) is 0 Å². The van der Waals surface area contributed by atoms with Crippen LogP contribution in [0.2, 0.25) is 39.3 Å². The van der Waals surface area contributed by atoms with E-state index in [1.165, 1.54) is 0 Å². The highest BCUT2D eigenvalue weighted by atomic mass is 28.4. The largest absolute Gasteiger partial charge is 0.520 e. The van der Waals surface area contributed by atoms with Gasteiger partial charge in [0.25, 0.3) is 6.02 Å². The molecule has 1 saturated heterocycles. The molecule has 4 nitrogen and oxygen atoms in total. The van der Waals surface area contributed by atoms with E-state index in [-0.39, 0.29) is 0 Å². The summed E-state index contributed by atoms with van der Waals surface area (Å²) >= 11 is 0. The lowest BCUT2D eigenvalue weighted by molar-refractivity contribution is 0.0613. The van der Waals surface area contributed by atoms with Crippen LogP contribution in [0.25, 0.3) is 0 Å². The lowest BCUT2D eigenvalue weighted by Crippen LogP contribution is -2.47. The van der Waals surface area contributed by atoms with Crippen molar-refractivity contribution < 1.29 is 9.16 Å². The molecule has 0 amide bonds. The Labute approximate surface area is 107 Å². The zero-order valence-electron chi connectivity index (χ0n) is 12.0. The van der Waals surface area contributed by atoms with E-state index >= 15 is 0 Å². The molecule has 1 heterocycles. The minimum Gasteiger partial charge on any atom is -0.520 e. The maximum atomic E-state index is 6.15. The molecule has 0 spiro atoms. The summed E-state index contributed by atoms with van der Waals surface area (Å²) in [5, 5.41) is 0. The Morgan fingerprint density at radius 1 is 1.06 bits per heavy atom. The first-order valence-corrected chi connectivity index (χ1v) is 13.1. The van der Waals surface area contributed by atoms with Gasteiger partial charge in [0.15, 0.2) is 8.24 Å². The van der Waals surface area contributed by atoms with Crippen molar-refractivity contribution in [3.63, 3.8) is 0 Å². The van der Waals surface area contributed by atoms with Crippen LogP contribution in [0, 0.1) is 0 Å². The molecular weight excluding hydrogens is 248 g/mol. The summed E-state index contributed by atoms with van der Waals surface area (Å²) in [5.74, 6) is 0. The minimum atomic E-state index is -1.60. The van der Waals surface area contributed by atoms with Crippen molar-refractivity contribution in [2.75, 3.05) is 26.3 Å². The molecule has 1 fully saturated rings. The standard InChI is InChI=1S/C11H26N2O2Si2/c1-16(2,3)12-11(15-17(4,5)6)13-7-9-14-10-8-13/h7-10H2,1-6H3. The minimum absolute atomic E-state index is 0.778. The molecule has 1 rings (SSSR count). The third kappa shape index (κ3) is 6.23. The summed E-state index contributed by atoms with van der Waals surface area (Å²) in [6.45, 7) is 16.7. The zero-order valence-corrected chi connectivity index (χ0v) is 14.0. The third-order valence-electron chi connectivity index (χ3n) is 2.11. The lowest BCUT2D eigenvalue weighted by Gasteiger charge is -2.34. The van der Waals surface area contributed by atoms with Crippen LogP contribution >= 0.6 is 0 Å². The topological polar surface area (TPSA) is 34.1 Å². The molecule has 0 saturated carbocycles. The van der Waals surface area contributed by atoms with Crippen LogP contribution in [0.4, 0.5) is 0 Å². The third-order valence-corrected chi connectivity index (χ3v) is 3.77. The van der Waals surface area contributed by atoms with Gasteiger partial charge in [-0.05, 0) is 39.3 Å². The van der Waals surface area contributed by atoms with E-state index in [9.17, 15) is 0 Å². The predicted octanol–water partition coefficient (Wildman–Crippen LogP) is 2.36. The van der Waals surface area contributed by atoms with E-state index in [2.05, 4.69) is 44.2 Å². The van der Waals surface area contributed by atoms with Crippen LogP contribution in [0.3, 0.4) is 0 Å².